The first-order valence-electron chi connectivity index (χ1n) is 19.4. The summed E-state index contributed by atoms with van der Waals surface area (Å²) in [5.74, 6) is 1.71. The lowest BCUT2D eigenvalue weighted by Crippen LogP contribution is -2.10. The van der Waals surface area contributed by atoms with Crippen LogP contribution in [0.5, 0.6) is 11.5 Å². The van der Waals surface area contributed by atoms with E-state index in [0.29, 0.717) is 0 Å². The molecule has 8 rings (SSSR count). The fourth-order valence-corrected chi connectivity index (χ4v) is 6.94. The lowest BCUT2D eigenvalue weighted by Gasteiger charge is -2.26. The van der Waals surface area contributed by atoms with Crippen LogP contribution in [0.25, 0.3) is 35.4 Å². The van der Waals surface area contributed by atoms with Crippen molar-refractivity contribution in [2.24, 2.45) is 0 Å². The molecule has 0 fully saturated rings. The zero-order chi connectivity index (χ0) is 39.5. The zero-order valence-corrected chi connectivity index (χ0v) is 32.7. The molecule has 0 atom stereocenters. The normalized spacial score (nSPS) is 11.1. The van der Waals surface area contributed by atoms with Crippen LogP contribution in [0.4, 0.5) is 34.1 Å². The SMILES string of the molecule is COc1ccc(/C=C/c2ccc(N(c3ccccc3)c3ccc(-c4ccc(N(c5ccccc5)c5ccc(/C=C/c6ccc(OC)cc6)cc5)cc4)cc3)cc2)cc1. The minimum absolute atomic E-state index is 0.854. The third-order valence-electron chi connectivity index (χ3n) is 10.1. The van der Waals surface area contributed by atoms with Gasteiger partial charge in [0.2, 0.25) is 0 Å². The maximum Gasteiger partial charge on any atom is 0.118 e. The smallest absolute Gasteiger partial charge is 0.118 e. The Balaban J connectivity index is 1.01. The van der Waals surface area contributed by atoms with Crippen molar-refractivity contribution in [1.82, 2.24) is 0 Å². The molecule has 0 saturated carbocycles. The maximum atomic E-state index is 5.30. The Morgan fingerprint density at radius 3 is 0.793 bits per heavy atom. The molecule has 8 aromatic rings. The molecule has 0 unspecified atom stereocenters. The molecule has 0 spiro atoms. The summed E-state index contributed by atoms with van der Waals surface area (Å²) in [6.07, 6.45) is 8.51. The van der Waals surface area contributed by atoms with E-state index in [1.807, 2.05) is 24.3 Å². The van der Waals surface area contributed by atoms with Crippen LogP contribution in [0.15, 0.2) is 206 Å². The molecule has 58 heavy (non-hydrogen) atoms. The van der Waals surface area contributed by atoms with Crippen LogP contribution in [-0.4, -0.2) is 14.2 Å². The summed E-state index contributed by atoms with van der Waals surface area (Å²) in [7, 11) is 3.37. The number of benzene rings is 8. The van der Waals surface area contributed by atoms with Gasteiger partial charge < -0.3 is 19.3 Å². The predicted octanol–water partition coefficient (Wildman–Crippen LogP) is 14.7. The van der Waals surface area contributed by atoms with Gasteiger partial charge in [-0.3, -0.25) is 0 Å². The Morgan fingerprint density at radius 1 is 0.276 bits per heavy atom. The maximum absolute atomic E-state index is 5.30. The van der Waals surface area contributed by atoms with E-state index >= 15 is 0 Å². The summed E-state index contributed by atoms with van der Waals surface area (Å²) in [6, 6.07) is 72.2. The Bertz CT molecular complexity index is 2380. The molecule has 4 nitrogen and oxygen atoms in total. The van der Waals surface area contributed by atoms with Gasteiger partial charge in [-0.05, 0) is 130 Å². The number of ether oxygens (including phenoxy) is 2. The lowest BCUT2D eigenvalue weighted by molar-refractivity contribution is 0.414. The first-order valence-corrected chi connectivity index (χ1v) is 19.4. The molecule has 0 aliphatic carbocycles. The van der Waals surface area contributed by atoms with Crippen molar-refractivity contribution in [2.75, 3.05) is 24.0 Å². The Kier molecular flexibility index (Phi) is 11.6. The number of hydrogen-bond acceptors (Lipinski definition) is 4. The molecule has 0 radical (unpaired) electrons. The van der Waals surface area contributed by atoms with Crippen molar-refractivity contribution in [3.63, 3.8) is 0 Å². The van der Waals surface area contributed by atoms with E-state index in [9.17, 15) is 0 Å². The highest BCUT2D eigenvalue weighted by molar-refractivity contribution is 5.82. The summed E-state index contributed by atoms with van der Waals surface area (Å²) in [4.78, 5) is 4.59. The average molecular weight is 753 g/mol. The highest BCUT2D eigenvalue weighted by Gasteiger charge is 2.15. The lowest BCUT2D eigenvalue weighted by atomic mass is 10.0. The van der Waals surface area contributed by atoms with Crippen LogP contribution < -0.4 is 19.3 Å². The quantitative estimate of drug-likeness (QED) is 0.110. The number of anilines is 6. The number of para-hydroxylation sites is 2. The predicted molar refractivity (Wildman–Crippen MR) is 245 cm³/mol. The standard InChI is InChI=1S/C54H44N2O2/c1-57-53-37-21-43(22-38-53)15-13-41-17-29-49(30-18-41)55(47-9-5-3-6-10-47)51-33-25-45(26-34-51)46-27-35-52(36-28-46)56(48-11-7-4-8-12-48)50-31-19-42(20-32-50)14-16-44-23-39-54(58-2)40-24-44/h3-40H,1-2H3/b15-13+,16-14+. The summed E-state index contributed by atoms with van der Waals surface area (Å²) in [6.45, 7) is 0. The van der Waals surface area contributed by atoms with Crippen LogP contribution >= 0.6 is 0 Å². The van der Waals surface area contributed by atoms with Crippen LogP contribution in [0.2, 0.25) is 0 Å². The molecule has 282 valence electrons. The molecular formula is C54H44N2O2. The van der Waals surface area contributed by atoms with E-state index in [1.54, 1.807) is 14.2 Å². The molecule has 0 aliphatic rings. The van der Waals surface area contributed by atoms with Gasteiger partial charge in [0.15, 0.2) is 0 Å². The fourth-order valence-electron chi connectivity index (χ4n) is 6.94. The Labute approximate surface area is 341 Å². The van der Waals surface area contributed by atoms with Gasteiger partial charge in [0, 0.05) is 34.1 Å². The molecule has 0 aliphatic heterocycles. The van der Waals surface area contributed by atoms with E-state index in [0.717, 1.165) is 79.0 Å². The molecule has 0 aromatic heterocycles. The molecule has 4 heteroatoms. The van der Waals surface area contributed by atoms with E-state index in [-0.39, 0.29) is 0 Å². The van der Waals surface area contributed by atoms with Gasteiger partial charge in [-0.1, -0.05) is 133 Å². The molecule has 0 amide bonds. The molecule has 0 N–H and O–H groups in total. The number of methoxy groups -OCH3 is 2. The van der Waals surface area contributed by atoms with Crippen molar-refractivity contribution >= 4 is 58.4 Å². The second-order valence-corrected chi connectivity index (χ2v) is 13.8. The van der Waals surface area contributed by atoms with Crippen molar-refractivity contribution in [3.05, 3.63) is 229 Å². The second kappa shape index (κ2) is 17.9. The van der Waals surface area contributed by atoms with Gasteiger partial charge in [0.1, 0.15) is 11.5 Å². The summed E-state index contributed by atoms with van der Waals surface area (Å²) >= 11 is 0. The number of nitrogens with zero attached hydrogens (tertiary/aromatic N) is 2. The van der Waals surface area contributed by atoms with Crippen molar-refractivity contribution < 1.29 is 9.47 Å². The van der Waals surface area contributed by atoms with E-state index < -0.39 is 0 Å². The summed E-state index contributed by atoms with van der Waals surface area (Å²) in [5, 5.41) is 0. The van der Waals surface area contributed by atoms with Crippen molar-refractivity contribution in [3.8, 4) is 22.6 Å². The summed E-state index contributed by atoms with van der Waals surface area (Å²) in [5.41, 5.74) is 13.4. The third kappa shape index (κ3) is 8.94. The summed E-state index contributed by atoms with van der Waals surface area (Å²) < 4.78 is 10.6. The highest BCUT2D eigenvalue weighted by Crippen LogP contribution is 2.38. The minimum atomic E-state index is 0.854. The Hall–Kier alpha value is -7.56. The van der Waals surface area contributed by atoms with Gasteiger partial charge in [0.25, 0.3) is 0 Å². The highest BCUT2D eigenvalue weighted by atomic mass is 16.5. The van der Waals surface area contributed by atoms with E-state index in [4.69, 9.17) is 9.47 Å². The van der Waals surface area contributed by atoms with Crippen LogP contribution in [-0.2, 0) is 0 Å². The minimum Gasteiger partial charge on any atom is -0.497 e. The molecule has 0 heterocycles. The van der Waals surface area contributed by atoms with Crippen molar-refractivity contribution in [1.29, 1.82) is 0 Å². The van der Waals surface area contributed by atoms with Gasteiger partial charge in [-0.2, -0.15) is 0 Å². The van der Waals surface area contributed by atoms with E-state index in [1.165, 1.54) is 0 Å². The van der Waals surface area contributed by atoms with Gasteiger partial charge in [-0.25, -0.2) is 0 Å². The zero-order valence-electron chi connectivity index (χ0n) is 32.7. The Morgan fingerprint density at radius 2 is 0.517 bits per heavy atom. The molecule has 0 bridgehead atoms. The number of rotatable bonds is 13. The van der Waals surface area contributed by atoms with Gasteiger partial charge in [-0.15, -0.1) is 0 Å². The molecule has 0 saturated heterocycles. The molecule has 8 aromatic carbocycles. The van der Waals surface area contributed by atoms with Crippen LogP contribution in [0, 0.1) is 0 Å². The third-order valence-corrected chi connectivity index (χ3v) is 10.1. The van der Waals surface area contributed by atoms with Gasteiger partial charge in [0.05, 0.1) is 14.2 Å². The fraction of sp³-hybridized carbons (Fsp3) is 0.0370. The second-order valence-electron chi connectivity index (χ2n) is 13.8. The average Bonchev–Trinajstić information content (AvgIpc) is 3.30. The van der Waals surface area contributed by atoms with Crippen LogP contribution in [0.1, 0.15) is 22.3 Å². The number of hydrogen-bond donors (Lipinski definition) is 0. The van der Waals surface area contributed by atoms with E-state index in [2.05, 4.69) is 216 Å². The van der Waals surface area contributed by atoms with Crippen molar-refractivity contribution in [2.45, 2.75) is 0 Å². The topological polar surface area (TPSA) is 24.9 Å². The largest absolute Gasteiger partial charge is 0.497 e. The van der Waals surface area contributed by atoms with Gasteiger partial charge >= 0.3 is 0 Å². The molecular weight excluding hydrogens is 709 g/mol. The first-order chi connectivity index (χ1) is 28.6. The van der Waals surface area contributed by atoms with Crippen LogP contribution in [0.3, 0.4) is 0 Å². The first kappa shape index (κ1) is 37.4. The monoisotopic (exact) mass is 752 g/mol.